The van der Waals surface area contributed by atoms with E-state index in [1.807, 2.05) is 6.92 Å². The number of aliphatic imine (C=N–C) groups is 1. The molecule has 0 aliphatic carbocycles. The van der Waals surface area contributed by atoms with E-state index in [2.05, 4.69) is 67.4 Å². The molecule has 2 aromatic carbocycles. The molecule has 0 unspecified atom stereocenters. The first kappa shape index (κ1) is 14.8. The minimum absolute atomic E-state index is 0.244. The van der Waals surface area contributed by atoms with Crippen molar-refractivity contribution in [3.63, 3.8) is 0 Å². The fraction of sp³-hybridized carbons (Fsp3) is 0.350. The first-order valence-corrected chi connectivity index (χ1v) is 7.86. The predicted molar refractivity (Wildman–Crippen MR) is 91.6 cm³/mol. The SMILES string of the molecule is CC1=NCC(Cc2cccc(C)c2)(Cc2cccc(C)c2)O1. The van der Waals surface area contributed by atoms with Crippen LogP contribution in [-0.2, 0) is 17.6 Å². The van der Waals surface area contributed by atoms with Crippen LogP contribution in [0, 0.1) is 13.8 Å². The molecule has 0 bridgehead atoms. The first-order chi connectivity index (χ1) is 10.5. The second kappa shape index (κ2) is 5.96. The molecule has 2 heteroatoms. The average molecular weight is 293 g/mol. The van der Waals surface area contributed by atoms with Gasteiger partial charge in [0.25, 0.3) is 0 Å². The summed E-state index contributed by atoms with van der Waals surface area (Å²) in [6, 6.07) is 17.4. The molecule has 0 atom stereocenters. The summed E-state index contributed by atoms with van der Waals surface area (Å²) in [5.41, 5.74) is 4.97. The molecule has 0 radical (unpaired) electrons. The van der Waals surface area contributed by atoms with Crippen molar-refractivity contribution < 1.29 is 4.74 Å². The van der Waals surface area contributed by atoms with Gasteiger partial charge in [0.05, 0.1) is 6.54 Å². The van der Waals surface area contributed by atoms with Crippen LogP contribution in [0.3, 0.4) is 0 Å². The normalized spacial score (nSPS) is 16.2. The van der Waals surface area contributed by atoms with Crippen LogP contribution < -0.4 is 0 Å². The van der Waals surface area contributed by atoms with Gasteiger partial charge in [0.1, 0.15) is 5.60 Å². The third-order valence-corrected chi connectivity index (χ3v) is 4.17. The van der Waals surface area contributed by atoms with Crippen LogP contribution in [0.15, 0.2) is 53.5 Å². The standard InChI is InChI=1S/C20H23NO/c1-15-6-4-8-18(10-15)12-20(14-21-17(3)22-20)13-19-9-5-7-16(2)11-19/h4-11H,12-14H2,1-3H3. The summed E-state index contributed by atoms with van der Waals surface area (Å²) in [6.45, 7) is 6.96. The number of hydrogen-bond acceptors (Lipinski definition) is 2. The Morgan fingerprint density at radius 1 is 0.909 bits per heavy atom. The molecule has 0 amide bonds. The van der Waals surface area contributed by atoms with E-state index in [1.165, 1.54) is 22.3 Å². The molecule has 0 fully saturated rings. The lowest BCUT2D eigenvalue weighted by molar-refractivity contribution is 0.0871. The highest BCUT2D eigenvalue weighted by atomic mass is 16.5. The molecule has 0 saturated heterocycles. The van der Waals surface area contributed by atoms with Crippen molar-refractivity contribution in [2.24, 2.45) is 4.99 Å². The summed E-state index contributed by atoms with van der Waals surface area (Å²) in [5, 5.41) is 0. The third kappa shape index (κ3) is 3.38. The van der Waals surface area contributed by atoms with Gasteiger partial charge < -0.3 is 4.74 Å². The molecule has 2 aromatic rings. The first-order valence-electron chi connectivity index (χ1n) is 7.86. The fourth-order valence-corrected chi connectivity index (χ4v) is 3.27. The van der Waals surface area contributed by atoms with Gasteiger partial charge in [-0.25, -0.2) is 0 Å². The zero-order valence-corrected chi connectivity index (χ0v) is 13.6. The highest BCUT2D eigenvalue weighted by Gasteiger charge is 2.37. The molecule has 1 heterocycles. The lowest BCUT2D eigenvalue weighted by Gasteiger charge is -2.29. The Kier molecular flexibility index (Phi) is 4.02. The van der Waals surface area contributed by atoms with E-state index in [0.717, 1.165) is 25.3 Å². The Morgan fingerprint density at radius 3 is 1.86 bits per heavy atom. The van der Waals surface area contributed by atoms with E-state index >= 15 is 0 Å². The van der Waals surface area contributed by atoms with Gasteiger partial charge in [0.2, 0.25) is 0 Å². The minimum atomic E-state index is -0.244. The Bertz CT molecular complexity index is 655. The molecule has 3 rings (SSSR count). The van der Waals surface area contributed by atoms with E-state index in [9.17, 15) is 0 Å². The topological polar surface area (TPSA) is 21.6 Å². The van der Waals surface area contributed by atoms with Gasteiger partial charge in [0.15, 0.2) is 5.90 Å². The van der Waals surface area contributed by atoms with E-state index in [4.69, 9.17) is 4.74 Å². The van der Waals surface area contributed by atoms with Gasteiger partial charge in [-0.05, 0) is 25.0 Å². The highest BCUT2D eigenvalue weighted by molar-refractivity contribution is 5.75. The summed E-state index contributed by atoms with van der Waals surface area (Å²) < 4.78 is 6.19. The Labute approximate surface area is 132 Å². The molecule has 114 valence electrons. The molecule has 2 nitrogen and oxygen atoms in total. The van der Waals surface area contributed by atoms with Crippen molar-refractivity contribution in [2.75, 3.05) is 6.54 Å². The van der Waals surface area contributed by atoms with Gasteiger partial charge in [0, 0.05) is 19.8 Å². The molecule has 1 aliphatic rings. The van der Waals surface area contributed by atoms with Crippen molar-refractivity contribution in [3.05, 3.63) is 70.8 Å². The molecule has 1 aliphatic heterocycles. The monoisotopic (exact) mass is 293 g/mol. The molecule has 0 spiro atoms. The second-order valence-corrected chi connectivity index (χ2v) is 6.45. The van der Waals surface area contributed by atoms with Crippen LogP contribution in [-0.4, -0.2) is 18.0 Å². The van der Waals surface area contributed by atoms with Gasteiger partial charge in [-0.15, -0.1) is 0 Å². The van der Waals surface area contributed by atoms with Gasteiger partial charge in [-0.3, -0.25) is 4.99 Å². The van der Waals surface area contributed by atoms with Crippen LogP contribution in [0.2, 0.25) is 0 Å². The third-order valence-electron chi connectivity index (χ3n) is 4.17. The van der Waals surface area contributed by atoms with Crippen molar-refractivity contribution in [2.45, 2.75) is 39.2 Å². The van der Waals surface area contributed by atoms with Crippen LogP contribution in [0.5, 0.6) is 0 Å². The molecule has 0 N–H and O–H groups in total. The quantitative estimate of drug-likeness (QED) is 0.824. The van der Waals surface area contributed by atoms with E-state index in [-0.39, 0.29) is 5.60 Å². The maximum atomic E-state index is 6.19. The number of aryl methyl sites for hydroxylation is 2. The zero-order valence-electron chi connectivity index (χ0n) is 13.6. The summed E-state index contributed by atoms with van der Waals surface area (Å²) in [6.07, 6.45) is 1.78. The second-order valence-electron chi connectivity index (χ2n) is 6.45. The van der Waals surface area contributed by atoms with Crippen LogP contribution in [0.4, 0.5) is 0 Å². The largest absolute Gasteiger partial charge is 0.472 e. The van der Waals surface area contributed by atoms with Crippen molar-refractivity contribution >= 4 is 5.90 Å². The molecule has 0 saturated carbocycles. The van der Waals surface area contributed by atoms with Crippen LogP contribution in [0.25, 0.3) is 0 Å². The summed E-state index contributed by atoms with van der Waals surface area (Å²) >= 11 is 0. The van der Waals surface area contributed by atoms with E-state index in [0.29, 0.717) is 0 Å². The van der Waals surface area contributed by atoms with Crippen molar-refractivity contribution in [3.8, 4) is 0 Å². The summed E-state index contributed by atoms with van der Waals surface area (Å²) in [7, 11) is 0. The van der Waals surface area contributed by atoms with Gasteiger partial charge in [-0.2, -0.15) is 0 Å². The maximum Gasteiger partial charge on any atom is 0.180 e. The Balaban J connectivity index is 1.85. The number of rotatable bonds is 4. The number of benzene rings is 2. The summed E-state index contributed by atoms with van der Waals surface area (Å²) in [5.74, 6) is 0.806. The fourth-order valence-electron chi connectivity index (χ4n) is 3.27. The minimum Gasteiger partial charge on any atom is -0.472 e. The average Bonchev–Trinajstić information content (AvgIpc) is 2.79. The molecular weight excluding hydrogens is 270 g/mol. The Hall–Kier alpha value is -2.09. The van der Waals surface area contributed by atoms with E-state index in [1.54, 1.807) is 0 Å². The maximum absolute atomic E-state index is 6.19. The number of nitrogens with zero attached hydrogens (tertiary/aromatic N) is 1. The highest BCUT2D eigenvalue weighted by Crippen LogP contribution is 2.29. The van der Waals surface area contributed by atoms with Crippen LogP contribution in [0.1, 0.15) is 29.2 Å². The Morgan fingerprint density at radius 2 is 1.45 bits per heavy atom. The van der Waals surface area contributed by atoms with Crippen LogP contribution >= 0.6 is 0 Å². The smallest absolute Gasteiger partial charge is 0.180 e. The molecular formula is C20H23NO. The van der Waals surface area contributed by atoms with Gasteiger partial charge >= 0.3 is 0 Å². The summed E-state index contributed by atoms with van der Waals surface area (Å²) in [4.78, 5) is 4.52. The van der Waals surface area contributed by atoms with Crippen molar-refractivity contribution in [1.82, 2.24) is 0 Å². The van der Waals surface area contributed by atoms with Crippen molar-refractivity contribution in [1.29, 1.82) is 0 Å². The molecule has 22 heavy (non-hydrogen) atoms. The lowest BCUT2D eigenvalue weighted by Crippen LogP contribution is -2.38. The zero-order chi connectivity index (χ0) is 15.6. The predicted octanol–water partition coefficient (Wildman–Crippen LogP) is 4.28. The number of hydrogen-bond donors (Lipinski definition) is 0. The lowest BCUT2D eigenvalue weighted by atomic mass is 9.87. The van der Waals surface area contributed by atoms with E-state index < -0.39 is 0 Å². The number of ether oxygens (including phenoxy) is 1. The van der Waals surface area contributed by atoms with Gasteiger partial charge in [-0.1, -0.05) is 59.7 Å². The molecule has 0 aromatic heterocycles.